The van der Waals surface area contributed by atoms with Crippen molar-refractivity contribution in [3.05, 3.63) is 0 Å². The Kier molecular flexibility index (Phi) is 5.10. The van der Waals surface area contributed by atoms with E-state index >= 15 is 0 Å². The summed E-state index contributed by atoms with van der Waals surface area (Å²) in [5, 5.41) is -0.302. The van der Waals surface area contributed by atoms with E-state index < -0.39 is 9.84 Å². The molecule has 1 saturated heterocycles. The van der Waals surface area contributed by atoms with Gasteiger partial charge >= 0.3 is 0 Å². The Morgan fingerprint density at radius 3 is 2.45 bits per heavy atom. The summed E-state index contributed by atoms with van der Waals surface area (Å²) in [6.07, 6.45) is 6.25. The van der Waals surface area contributed by atoms with Crippen molar-refractivity contribution in [3.8, 4) is 0 Å². The van der Waals surface area contributed by atoms with E-state index in [1.165, 1.54) is 6.26 Å². The zero-order chi connectivity index (χ0) is 14.8. The van der Waals surface area contributed by atoms with E-state index in [0.29, 0.717) is 12.6 Å². The van der Waals surface area contributed by atoms with Crippen molar-refractivity contribution in [1.82, 2.24) is 4.90 Å². The molecule has 20 heavy (non-hydrogen) atoms. The molecule has 1 heterocycles. The Morgan fingerprint density at radius 2 is 1.95 bits per heavy atom. The highest BCUT2D eigenvalue weighted by Gasteiger charge is 2.51. The highest BCUT2D eigenvalue weighted by Crippen LogP contribution is 2.40. The summed E-state index contributed by atoms with van der Waals surface area (Å²) < 4.78 is 29.9. The monoisotopic (exact) mass is 304 g/mol. The van der Waals surface area contributed by atoms with Crippen molar-refractivity contribution in [2.75, 3.05) is 32.5 Å². The predicted molar refractivity (Wildman–Crippen MR) is 80.5 cm³/mol. The average molecular weight is 304 g/mol. The van der Waals surface area contributed by atoms with E-state index in [2.05, 4.69) is 4.90 Å². The van der Waals surface area contributed by atoms with Crippen LogP contribution in [-0.2, 0) is 14.6 Å². The van der Waals surface area contributed by atoms with Crippen molar-refractivity contribution in [2.24, 2.45) is 5.73 Å². The molecular weight excluding hydrogens is 276 g/mol. The lowest BCUT2D eigenvalue weighted by atomic mass is 9.91. The van der Waals surface area contributed by atoms with Gasteiger partial charge in [0.1, 0.15) is 0 Å². The van der Waals surface area contributed by atoms with Crippen molar-refractivity contribution in [2.45, 2.75) is 55.9 Å². The van der Waals surface area contributed by atoms with Crippen molar-refractivity contribution < 1.29 is 13.2 Å². The molecule has 1 saturated carbocycles. The molecule has 0 spiro atoms. The van der Waals surface area contributed by atoms with E-state index in [-0.39, 0.29) is 10.8 Å². The fourth-order valence-corrected chi connectivity index (χ4v) is 5.82. The van der Waals surface area contributed by atoms with Crippen LogP contribution in [0, 0.1) is 0 Å². The van der Waals surface area contributed by atoms with Gasteiger partial charge in [-0.05, 0) is 32.6 Å². The van der Waals surface area contributed by atoms with Gasteiger partial charge in [-0.3, -0.25) is 4.90 Å². The van der Waals surface area contributed by atoms with Crippen molar-refractivity contribution in [1.29, 1.82) is 0 Å². The number of hydrogen-bond acceptors (Lipinski definition) is 5. The molecule has 6 heteroatoms. The Labute approximate surface area is 122 Å². The summed E-state index contributed by atoms with van der Waals surface area (Å²) in [5.41, 5.74) is 5.70. The predicted octanol–water partition coefficient (Wildman–Crippen LogP) is 0.782. The number of hydrogen-bond donors (Lipinski definition) is 1. The second-order valence-corrected chi connectivity index (χ2v) is 8.39. The van der Waals surface area contributed by atoms with Crippen LogP contribution < -0.4 is 5.73 Å². The zero-order valence-electron chi connectivity index (χ0n) is 12.7. The zero-order valence-corrected chi connectivity index (χ0v) is 13.5. The highest BCUT2D eigenvalue weighted by atomic mass is 32.2. The Balaban J connectivity index is 2.12. The second kappa shape index (κ2) is 6.30. The molecule has 0 aromatic heterocycles. The molecule has 2 fully saturated rings. The minimum Gasteiger partial charge on any atom is -0.378 e. The summed E-state index contributed by atoms with van der Waals surface area (Å²) in [7, 11) is -3.05. The van der Waals surface area contributed by atoms with Gasteiger partial charge in [0.2, 0.25) is 0 Å². The van der Waals surface area contributed by atoms with Crippen LogP contribution in [0.2, 0.25) is 0 Å². The largest absolute Gasteiger partial charge is 0.378 e. The molecule has 0 amide bonds. The van der Waals surface area contributed by atoms with Crippen LogP contribution in [0.4, 0.5) is 0 Å². The maximum Gasteiger partial charge on any atom is 0.152 e. The van der Waals surface area contributed by atoms with Crippen LogP contribution in [-0.4, -0.2) is 62.7 Å². The topological polar surface area (TPSA) is 72.6 Å². The first-order valence-corrected chi connectivity index (χ1v) is 9.65. The van der Waals surface area contributed by atoms with Crippen molar-refractivity contribution >= 4 is 9.84 Å². The fourth-order valence-electron chi connectivity index (χ4n) is 4.06. The molecule has 5 nitrogen and oxygen atoms in total. The Hall–Kier alpha value is -0.170. The lowest BCUT2D eigenvalue weighted by Gasteiger charge is -2.47. The molecule has 0 aromatic carbocycles. The molecular formula is C14H28N2O3S. The van der Waals surface area contributed by atoms with E-state index in [1.54, 1.807) is 0 Å². The minimum atomic E-state index is -3.05. The van der Waals surface area contributed by atoms with Gasteiger partial charge in [-0.15, -0.1) is 0 Å². The summed E-state index contributed by atoms with van der Waals surface area (Å²) in [5.74, 6) is 0. The van der Waals surface area contributed by atoms with Crippen LogP contribution in [0.25, 0.3) is 0 Å². The van der Waals surface area contributed by atoms with Gasteiger partial charge in [0, 0.05) is 38.0 Å². The maximum atomic E-state index is 12.1. The summed E-state index contributed by atoms with van der Waals surface area (Å²) >= 11 is 0. The van der Waals surface area contributed by atoms with Crippen LogP contribution >= 0.6 is 0 Å². The molecule has 1 aliphatic heterocycles. The molecule has 2 N–H and O–H groups in total. The SMILES string of the molecule is CCOC1CCN(C2(CN)CCCC2S(C)(=O)=O)CC1. The molecule has 1 aliphatic carbocycles. The number of piperidine rings is 1. The average Bonchev–Trinajstić information content (AvgIpc) is 2.85. The third kappa shape index (κ3) is 3.03. The highest BCUT2D eigenvalue weighted by molar-refractivity contribution is 7.91. The van der Waals surface area contributed by atoms with Gasteiger partial charge in [0.15, 0.2) is 9.84 Å². The fraction of sp³-hybridized carbons (Fsp3) is 1.00. The van der Waals surface area contributed by atoms with E-state index in [4.69, 9.17) is 10.5 Å². The summed E-state index contributed by atoms with van der Waals surface area (Å²) in [6.45, 7) is 4.99. The first kappa shape index (κ1) is 16.2. The van der Waals surface area contributed by atoms with E-state index in [9.17, 15) is 8.42 Å². The number of sulfone groups is 1. The van der Waals surface area contributed by atoms with Crippen LogP contribution in [0.15, 0.2) is 0 Å². The molecule has 0 bridgehead atoms. The minimum absolute atomic E-state index is 0.302. The van der Waals surface area contributed by atoms with Gasteiger partial charge in [-0.1, -0.05) is 6.42 Å². The van der Waals surface area contributed by atoms with Crippen LogP contribution in [0.3, 0.4) is 0 Å². The van der Waals surface area contributed by atoms with Gasteiger partial charge in [-0.2, -0.15) is 0 Å². The molecule has 0 radical (unpaired) electrons. The number of rotatable bonds is 5. The van der Waals surface area contributed by atoms with Crippen molar-refractivity contribution in [3.63, 3.8) is 0 Å². The van der Waals surface area contributed by atoms with Gasteiger partial charge < -0.3 is 10.5 Å². The number of nitrogens with two attached hydrogens (primary N) is 1. The summed E-state index contributed by atoms with van der Waals surface area (Å²) in [6, 6.07) is 0. The third-order valence-electron chi connectivity index (χ3n) is 5.02. The number of nitrogens with zero attached hydrogens (tertiary/aromatic N) is 1. The molecule has 2 aliphatic rings. The van der Waals surface area contributed by atoms with Crippen LogP contribution in [0.1, 0.15) is 39.0 Å². The summed E-state index contributed by atoms with van der Waals surface area (Å²) in [4.78, 5) is 2.33. The third-order valence-corrected chi connectivity index (χ3v) is 6.73. The number of likely N-dealkylation sites (tertiary alicyclic amines) is 1. The standard InChI is InChI=1S/C14H28N2O3S/c1-3-19-12-6-9-16(10-7-12)14(11-15)8-4-5-13(14)20(2,17)18/h12-13H,3-11,15H2,1-2H3. The van der Waals surface area contributed by atoms with E-state index in [0.717, 1.165) is 51.8 Å². The Bertz CT molecular complexity index is 418. The normalized spacial score (nSPS) is 33.6. The first-order valence-electron chi connectivity index (χ1n) is 7.69. The molecule has 118 valence electrons. The number of ether oxygens (including phenoxy) is 1. The quantitative estimate of drug-likeness (QED) is 0.812. The molecule has 2 rings (SSSR count). The second-order valence-electron chi connectivity index (χ2n) is 6.16. The van der Waals surface area contributed by atoms with Gasteiger partial charge in [0.05, 0.1) is 11.4 Å². The maximum absolute atomic E-state index is 12.1. The van der Waals surface area contributed by atoms with Gasteiger partial charge in [0.25, 0.3) is 0 Å². The Morgan fingerprint density at radius 1 is 1.30 bits per heavy atom. The lowest BCUT2D eigenvalue weighted by molar-refractivity contribution is -0.0159. The first-order chi connectivity index (χ1) is 9.44. The molecule has 2 unspecified atom stereocenters. The lowest BCUT2D eigenvalue weighted by Crippen LogP contribution is -2.62. The molecule has 0 aromatic rings. The van der Waals surface area contributed by atoms with E-state index in [1.807, 2.05) is 6.92 Å². The molecule has 2 atom stereocenters. The van der Waals surface area contributed by atoms with Gasteiger partial charge in [-0.25, -0.2) is 8.42 Å². The smallest absolute Gasteiger partial charge is 0.152 e. The van der Waals surface area contributed by atoms with Crippen LogP contribution in [0.5, 0.6) is 0 Å².